The Labute approximate surface area is 152 Å². The SMILES string of the molecule is CCC(C)(C)NC(=O)COC(=O)C1CCN(C(=O)c2cccs2)CC1. The maximum Gasteiger partial charge on any atom is 0.309 e. The van der Waals surface area contributed by atoms with E-state index < -0.39 is 0 Å². The highest BCUT2D eigenvalue weighted by molar-refractivity contribution is 7.12. The summed E-state index contributed by atoms with van der Waals surface area (Å²) in [5.74, 6) is -0.874. The minimum Gasteiger partial charge on any atom is -0.455 e. The second-order valence-electron chi connectivity index (χ2n) is 6.94. The number of esters is 1. The van der Waals surface area contributed by atoms with Gasteiger partial charge in [-0.15, -0.1) is 11.3 Å². The molecule has 1 aromatic heterocycles. The molecule has 138 valence electrons. The third-order valence-corrected chi connectivity index (χ3v) is 5.41. The number of piperidine rings is 1. The minimum atomic E-state index is -0.354. The monoisotopic (exact) mass is 366 g/mol. The number of likely N-dealkylation sites (tertiary alicyclic amines) is 1. The topological polar surface area (TPSA) is 75.7 Å². The molecule has 1 aromatic rings. The second kappa shape index (κ2) is 8.47. The van der Waals surface area contributed by atoms with Crippen LogP contribution in [0.4, 0.5) is 0 Å². The van der Waals surface area contributed by atoms with Gasteiger partial charge < -0.3 is 15.0 Å². The lowest BCUT2D eigenvalue weighted by Crippen LogP contribution is -2.45. The normalized spacial score (nSPS) is 15.7. The lowest BCUT2D eigenvalue weighted by atomic mass is 9.97. The van der Waals surface area contributed by atoms with Gasteiger partial charge in [0.15, 0.2) is 6.61 Å². The number of ether oxygens (including phenoxy) is 1. The molecule has 25 heavy (non-hydrogen) atoms. The largest absolute Gasteiger partial charge is 0.455 e. The Morgan fingerprint density at radius 1 is 1.32 bits per heavy atom. The van der Waals surface area contributed by atoms with Crippen molar-refractivity contribution < 1.29 is 19.1 Å². The van der Waals surface area contributed by atoms with Crippen LogP contribution in [0.25, 0.3) is 0 Å². The van der Waals surface area contributed by atoms with Gasteiger partial charge >= 0.3 is 5.97 Å². The number of thiophene rings is 1. The number of carbonyl (C=O) groups excluding carboxylic acids is 3. The number of rotatable bonds is 6. The van der Waals surface area contributed by atoms with E-state index in [1.54, 1.807) is 4.90 Å². The minimum absolute atomic E-state index is 0.0167. The molecule has 1 saturated heterocycles. The van der Waals surface area contributed by atoms with Crippen LogP contribution in [0.2, 0.25) is 0 Å². The van der Waals surface area contributed by atoms with Gasteiger partial charge in [0.1, 0.15) is 0 Å². The van der Waals surface area contributed by atoms with Gasteiger partial charge in [-0.3, -0.25) is 14.4 Å². The Bertz CT molecular complexity index is 605. The summed E-state index contributed by atoms with van der Waals surface area (Å²) in [5.41, 5.74) is -0.309. The van der Waals surface area contributed by atoms with Gasteiger partial charge in [0.05, 0.1) is 10.8 Å². The fourth-order valence-electron chi connectivity index (χ4n) is 2.63. The molecule has 1 fully saturated rings. The molecular weight excluding hydrogens is 340 g/mol. The lowest BCUT2D eigenvalue weighted by molar-refractivity contribution is -0.154. The maximum atomic E-state index is 12.3. The molecule has 0 bridgehead atoms. The molecule has 0 saturated carbocycles. The summed E-state index contributed by atoms with van der Waals surface area (Å²) in [4.78, 5) is 38.7. The Morgan fingerprint density at radius 2 is 2.00 bits per heavy atom. The molecule has 0 atom stereocenters. The fraction of sp³-hybridized carbons (Fsp3) is 0.611. The summed E-state index contributed by atoms with van der Waals surface area (Å²) >= 11 is 1.42. The smallest absolute Gasteiger partial charge is 0.309 e. The first-order chi connectivity index (χ1) is 11.8. The predicted molar refractivity (Wildman–Crippen MR) is 96.4 cm³/mol. The van der Waals surface area contributed by atoms with E-state index in [0.717, 1.165) is 11.3 Å². The molecule has 1 aliphatic heterocycles. The van der Waals surface area contributed by atoms with E-state index in [2.05, 4.69) is 5.32 Å². The average molecular weight is 366 g/mol. The van der Waals surface area contributed by atoms with Gasteiger partial charge in [-0.1, -0.05) is 13.0 Å². The zero-order chi connectivity index (χ0) is 18.4. The Balaban J connectivity index is 1.74. The van der Waals surface area contributed by atoms with E-state index in [1.165, 1.54) is 11.3 Å². The van der Waals surface area contributed by atoms with Crippen LogP contribution in [0.3, 0.4) is 0 Å². The van der Waals surface area contributed by atoms with E-state index in [1.807, 2.05) is 38.3 Å². The predicted octanol–water partition coefficient (Wildman–Crippen LogP) is 2.45. The van der Waals surface area contributed by atoms with Gasteiger partial charge in [0.2, 0.25) is 0 Å². The third-order valence-electron chi connectivity index (χ3n) is 4.55. The zero-order valence-electron chi connectivity index (χ0n) is 15.0. The number of nitrogens with zero attached hydrogens (tertiary/aromatic N) is 1. The number of hydrogen-bond acceptors (Lipinski definition) is 5. The Hall–Kier alpha value is -1.89. The van der Waals surface area contributed by atoms with E-state index in [0.29, 0.717) is 25.9 Å². The number of hydrogen-bond donors (Lipinski definition) is 1. The van der Waals surface area contributed by atoms with Crippen molar-refractivity contribution in [2.45, 2.75) is 45.6 Å². The Morgan fingerprint density at radius 3 is 2.56 bits per heavy atom. The summed E-state index contributed by atoms with van der Waals surface area (Å²) in [7, 11) is 0. The lowest BCUT2D eigenvalue weighted by Gasteiger charge is -2.30. The van der Waals surface area contributed by atoms with Crippen LogP contribution in [-0.2, 0) is 14.3 Å². The maximum absolute atomic E-state index is 12.3. The summed E-state index contributed by atoms with van der Waals surface area (Å²) in [6.45, 7) is 6.64. The standard InChI is InChI=1S/C18H26N2O4S/c1-4-18(2,3)19-15(21)12-24-17(23)13-7-9-20(10-8-13)16(22)14-6-5-11-25-14/h5-6,11,13H,4,7-10,12H2,1-3H3,(H,19,21). The van der Waals surface area contributed by atoms with E-state index >= 15 is 0 Å². The molecular formula is C18H26N2O4S. The van der Waals surface area contributed by atoms with E-state index in [4.69, 9.17) is 4.74 Å². The number of carbonyl (C=O) groups is 3. The van der Waals surface area contributed by atoms with Crippen LogP contribution >= 0.6 is 11.3 Å². The van der Waals surface area contributed by atoms with Crippen molar-refractivity contribution in [2.24, 2.45) is 5.92 Å². The highest BCUT2D eigenvalue weighted by atomic mass is 32.1. The highest BCUT2D eigenvalue weighted by Crippen LogP contribution is 2.21. The van der Waals surface area contributed by atoms with Gasteiger partial charge in [-0.25, -0.2) is 0 Å². The number of nitrogens with one attached hydrogen (secondary N) is 1. The summed E-state index contributed by atoms with van der Waals surface area (Å²) in [5, 5.41) is 4.71. The number of amides is 2. The van der Waals surface area contributed by atoms with Crippen LogP contribution in [-0.4, -0.2) is 47.9 Å². The van der Waals surface area contributed by atoms with Crippen molar-refractivity contribution in [1.82, 2.24) is 10.2 Å². The van der Waals surface area contributed by atoms with Crippen molar-refractivity contribution in [3.8, 4) is 0 Å². The fourth-order valence-corrected chi connectivity index (χ4v) is 3.32. The molecule has 2 heterocycles. The molecule has 7 heteroatoms. The van der Waals surface area contributed by atoms with Gasteiger partial charge in [0.25, 0.3) is 11.8 Å². The van der Waals surface area contributed by atoms with Crippen LogP contribution < -0.4 is 5.32 Å². The molecule has 0 radical (unpaired) electrons. The van der Waals surface area contributed by atoms with Gasteiger partial charge in [-0.05, 0) is 44.6 Å². The van der Waals surface area contributed by atoms with Crippen molar-refractivity contribution >= 4 is 29.1 Å². The van der Waals surface area contributed by atoms with Crippen molar-refractivity contribution in [3.63, 3.8) is 0 Å². The van der Waals surface area contributed by atoms with Crippen molar-refractivity contribution in [3.05, 3.63) is 22.4 Å². The van der Waals surface area contributed by atoms with Crippen LogP contribution in [0.1, 0.15) is 49.7 Å². The molecule has 1 aliphatic rings. The van der Waals surface area contributed by atoms with Gasteiger partial charge in [0, 0.05) is 18.6 Å². The summed E-state index contributed by atoms with van der Waals surface area (Å²) < 4.78 is 5.15. The first-order valence-electron chi connectivity index (χ1n) is 8.63. The van der Waals surface area contributed by atoms with E-state index in [9.17, 15) is 14.4 Å². The molecule has 2 amide bonds. The average Bonchev–Trinajstić information content (AvgIpc) is 3.13. The molecule has 0 spiro atoms. The van der Waals surface area contributed by atoms with Crippen molar-refractivity contribution in [2.75, 3.05) is 19.7 Å². The molecule has 1 N–H and O–H groups in total. The zero-order valence-corrected chi connectivity index (χ0v) is 15.9. The second-order valence-corrected chi connectivity index (χ2v) is 7.88. The molecule has 0 aromatic carbocycles. The first kappa shape index (κ1) is 19.4. The highest BCUT2D eigenvalue weighted by Gasteiger charge is 2.29. The first-order valence-corrected chi connectivity index (χ1v) is 9.51. The third kappa shape index (κ3) is 5.56. The molecule has 6 nitrogen and oxygen atoms in total. The molecule has 0 unspecified atom stereocenters. The summed E-state index contributed by atoms with van der Waals surface area (Å²) in [6.07, 6.45) is 1.93. The van der Waals surface area contributed by atoms with Gasteiger partial charge in [-0.2, -0.15) is 0 Å². The van der Waals surface area contributed by atoms with Crippen LogP contribution in [0.5, 0.6) is 0 Å². The molecule has 0 aliphatic carbocycles. The molecule has 2 rings (SSSR count). The summed E-state index contributed by atoms with van der Waals surface area (Å²) in [6, 6.07) is 3.66. The van der Waals surface area contributed by atoms with Crippen LogP contribution in [0.15, 0.2) is 17.5 Å². The Kier molecular flexibility index (Phi) is 6.58. The van der Waals surface area contributed by atoms with Crippen LogP contribution in [0, 0.1) is 5.92 Å². The quantitative estimate of drug-likeness (QED) is 0.785. The van der Waals surface area contributed by atoms with Crippen molar-refractivity contribution in [1.29, 1.82) is 0 Å². The van der Waals surface area contributed by atoms with E-state index in [-0.39, 0.29) is 35.8 Å².